The predicted molar refractivity (Wildman–Crippen MR) is 100 cm³/mol. The molecular formula is C19H28N2O3S. The zero-order chi connectivity index (χ0) is 18.2. The zero-order valence-corrected chi connectivity index (χ0v) is 16.6. The van der Waals surface area contributed by atoms with E-state index in [1.807, 2.05) is 25.7 Å². The van der Waals surface area contributed by atoms with E-state index in [2.05, 4.69) is 30.6 Å². The van der Waals surface area contributed by atoms with Crippen molar-refractivity contribution in [2.75, 3.05) is 19.3 Å². The van der Waals surface area contributed by atoms with Crippen LogP contribution >= 0.6 is 11.8 Å². The SMILES string of the molecule is CSc1cc(C)c2c(c1)COC1(CCN(C(=O)NC(C)(C)C)CC1)O2. The number of hydrogen-bond donors (Lipinski definition) is 1. The molecule has 2 amide bonds. The summed E-state index contributed by atoms with van der Waals surface area (Å²) in [7, 11) is 0. The lowest BCUT2D eigenvalue weighted by molar-refractivity contribution is -0.225. The molecule has 0 unspecified atom stereocenters. The van der Waals surface area contributed by atoms with Crippen LogP contribution in [-0.4, -0.2) is 41.6 Å². The first-order chi connectivity index (χ1) is 11.7. The Bertz CT molecular complexity index is 661. The summed E-state index contributed by atoms with van der Waals surface area (Å²) in [5.74, 6) is 0.355. The maximum absolute atomic E-state index is 12.3. The van der Waals surface area contributed by atoms with Crippen molar-refractivity contribution >= 4 is 17.8 Å². The zero-order valence-electron chi connectivity index (χ0n) is 15.8. The van der Waals surface area contributed by atoms with E-state index in [4.69, 9.17) is 9.47 Å². The van der Waals surface area contributed by atoms with Gasteiger partial charge in [-0.2, -0.15) is 0 Å². The minimum absolute atomic E-state index is 0.0145. The maximum Gasteiger partial charge on any atom is 0.317 e. The van der Waals surface area contributed by atoms with Gasteiger partial charge in [0.15, 0.2) is 0 Å². The molecule has 25 heavy (non-hydrogen) atoms. The van der Waals surface area contributed by atoms with Crippen LogP contribution in [0.15, 0.2) is 17.0 Å². The van der Waals surface area contributed by atoms with Crippen molar-refractivity contribution in [1.82, 2.24) is 10.2 Å². The monoisotopic (exact) mass is 364 g/mol. The summed E-state index contributed by atoms with van der Waals surface area (Å²) >= 11 is 1.73. The number of rotatable bonds is 1. The Morgan fingerprint density at radius 2 is 1.96 bits per heavy atom. The lowest BCUT2D eigenvalue weighted by Crippen LogP contribution is -2.56. The molecule has 1 spiro atoms. The highest BCUT2D eigenvalue weighted by molar-refractivity contribution is 7.98. The number of likely N-dealkylation sites (tertiary alicyclic amines) is 1. The lowest BCUT2D eigenvalue weighted by atomic mass is 10.0. The number of fused-ring (bicyclic) bond motifs is 1. The number of urea groups is 1. The van der Waals surface area contributed by atoms with Crippen molar-refractivity contribution < 1.29 is 14.3 Å². The number of thioether (sulfide) groups is 1. The number of benzene rings is 1. The predicted octanol–water partition coefficient (Wildman–Crippen LogP) is 3.93. The molecule has 1 aromatic carbocycles. The Balaban J connectivity index is 1.68. The molecule has 2 heterocycles. The molecule has 0 saturated carbocycles. The van der Waals surface area contributed by atoms with Gasteiger partial charge < -0.3 is 19.7 Å². The van der Waals surface area contributed by atoms with Crippen LogP contribution in [0, 0.1) is 6.92 Å². The quantitative estimate of drug-likeness (QED) is 0.767. The summed E-state index contributed by atoms with van der Waals surface area (Å²) in [5.41, 5.74) is 2.04. The van der Waals surface area contributed by atoms with Crippen molar-refractivity contribution in [3.63, 3.8) is 0 Å². The number of nitrogens with one attached hydrogen (secondary N) is 1. The van der Waals surface area contributed by atoms with Crippen LogP contribution in [-0.2, 0) is 11.3 Å². The number of hydrogen-bond acceptors (Lipinski definition) is 4. The van der Waals surface area contributed by atoms with Gasteiger partial charge in [0.1, 0.15) is 5.75 Å². The third kappa shape index (κ3) is 4.06. The van der Waals surface area contributed by atoms with Crippen molar-refractivity contribution in [3.8, 4) is 5.75 Å². The van der Waals surface area contributed by atoms with Gasteiger partial charge in [0.2, 0.25) is 5.79 Å². The molecule has 0 atom stereocenters. The van der Waals surface area contributed by atoms with Crippen LogP contribution in [0.3, 0.4) is 0 Å². The molecule has 138 valence electrons. The number of aryl methyl sites for hydroxylation is 1. The average Bonchev–Trinajstić information content (AvgIpc) is 2.54. The Hall–Kier alpha value is -1.40. The van der Waals surface area contributed by atoms with E-state index < -0.39 is 5.79 Å². The second-order valence-electron chi connectivity index (χ2n) is 7.90. The summed E-state index contributed by atoms with van der Waals surface area (Å²) in [6, 6.07) is 4.29. The number of amides is 2. The summed E-state index contributed by atoms with van der Waals surface area (Å²) in [4.78, 5) is 15.4. The Morgan fingerprint density at radius 3 is 2.56 bits per heavy atom. The van der Waals surface area contributed by atoms with Crippen LogP contribution in [0.1, 0.15) is 44.7 Å². The number of carbonyl (C=O) groups excluding carboxylic acids is 1. The standard InChI is InChI=1S/C19H28N2O3S/c1-13-10-15(25-5)11-14-12-23-19(24-16(13)14)6-8-21(9-7-19)17(22)20-18(2,3)4/h10-11H,6-9,12H2,1-5H3,(H,20,22). The van der Waals surface area contributed by atoms with Gasteiger partial charge in [0.05, 0.1) is 6.61 Å². The smallest absolute Gasteiger partial charge is 0.317 e. The molecule has 2 aliphatic rings. The van der Waals surface area contributed by atoms with E-state index in [0.29, 0.717) is 32.5 Å². The van der Waals surface area contributed by atoms with Gasteiger partial charge in [-0.1, -0.05) is 0 Å². The van der Waals surface area contributed by atoms with E-state index >= 15 is 0 Å². The number of piperidine rings is 1. The van der Waals surface area contributed by atoms with E-state index in [9.17, 15) is 4.79 Å². The minimum Gasteiger partial charge on any atom is -0.462 e. The normalized spacial score (nSPS) is 19.3. The van der Waals surface area contributed by atoms with Gasteiger partial charge in [0, 0.05) is 41.9 Å². The molecule has 5 nitrogen and oxygen atoms in total. The second kappa shape index (κ2) is 6.72. The van der Waals surface area contributed by atoms with Crippen LogP contribution in [0.2, 0.25) is 0 Å². The molecular weight excluding hydrogens is 336 g/mol. The van der Waals surface area contributed by atoms with Gasteiger partial charge in [0.25, 0.3) is 0 Å². The van der Waals surface area contributed by atoms with Crippen molar-refractivity contribution in [2.24, 2.45) is 0 Å². The Morgan fingerprint density at radius 1 is 1.28 bits per heavy atom. The summed E-state index contributed by atoms with van der Waals surface area (Å²) in [6.07, 6.45) is 3.45. The minimum atomic E-state index is -0.600. The van der Waals surface area contributed by atoms with E-state index in [1.54, 1.807) is 11.8 Å². The summed E-state index contributed by atoms with van der Waals surface area (Å²) < 4.78 is 12.5. The molecule has 1 N–H and O–H groups in total. The first-order valence-corrected chi connectivity index (χ1v) is 10.0. The topological polar surface area (TPSA) is 50.8 Å². The average molecular weight is 365 g/mol. The Labute approximate surface area is 154 Å². The fourth-order valence-corrected chi connectivity index (χ4v) is 3.86. The highest BCUT2D eigenvalue weighted by Gasteiger charge is 2.42. The summed E-state index contributed by atoms with van der Waals surface area (Å²) in [5, 5.41) is 3.02. The fraction of sp³-hybridized carbons (Fsp3) is 0.632. The lowest BCUT2D eigenvalue weighted by Gasteiger charge is -2.44. The largest absolute Gasteiger partial charge is 0.462 e. The number of nitrogens with zero attached hydrogens (tertiary/aromatic N) is 1. The highest BCUT2D eigenvalue weighted by Crippen LogP contribution is 2.40. The van der Waals surface area contributed by atoms with Gasteiger partial charge in [-0.15, -0.1) is 11.8 Å². The molecule has 3 rings (SSSR count). The van der Waals surface area contributed by atoms with Gasteiger partial charge in [-0.3, -0.25) is 0 Å². The molecule has 1 aromatic rings. The number of ether oxygens (including phenoxy) is 2. The molecule has 0 radical (unpaired) electrons. The molecule has 1 saturated heterocycles. The van der Waals surface area contributed by atoms with Crippen LogP contribution < -0.4 is 10.1 Å². The molecule has 0 aromatic heterocycles. The molecule has 0 aliphatic carbocycles. The summed E-state index contributed by atoms with van der Waals surface area (Å²) in [6.45, 7) is 9.91. The molecule has 1 fully saturated rings. The van der Waals surface area contributed by atoms with Gasteiger partial charge in [-0.25, -0.2) is 4.79 Å². The van der Waals surface area contributed by atoms with Gasteiger partial charge in [-0.05, 0) is 51.6 Å². The first-order valence-electron chi connectivity index (χ1n) is 8.79. The van der Waals surface area contributed by atoms with Crippen molar-refractivity contribution in [3.05, 3.63) is 23.3 Å². The van der Waals surface area contributed by atoms with E-state index in [0.717, 1.165) is 16.9 Å². The van der Waals surface area contributed by atoms with E-state index in [1.165, 1.54) is 4.90 Å². The van der Waals surface area contributed by atoms with Crippen LogP contribution in [0.5, 0.6) is 5.75 Å². The van der Waals surface area contributed by atoms with E-state index in [-0.39, 0.29) is 11.6 Å². The van der Waals surface area contributed by atoms with Crippen molar-refractivity contribution in [2.45, 2.75) is 63.4 Å². The van der Waals surface area contributed by atoms with Crippen molar-refractivity contribution in [1.29, 1.82) is 0 Å². The second-order valence-corrected chi connectivity index (χ2v) is 8.78. The van der Waals surface area contributed by atoms with Gasteiger partial charge >= 0.3 is 6.03 Å². The third-order valence-electron chi connectivity index (χ3n) is 4.63. The van der Waals surface area contributed by atoms with Crippen LogP contribution in [0.4, 0.5) is 4.79 Å². The molecule has 0 bridgehead atoms. The highest BCUT2D eigenvalue weighted by atomic mass is 32.2. The third-order valence-corrected chi connectivity index (χ3v) is 5.34. The first kappa shape index (κ1) is 18.4. The molecule has 6 heteroatoms. The van der Waals surface area contributed by atoms with Crippen LogP contribution in [0.25, 0.3) is 0 Å². The maximum atomic E-state index is 12.3. The fourth-order valence-electron chi connectivity index (χ4n) is 3.30. The molecule has 2 aliphatic heterocycles. The number of carbonyl (C=O) groups is 1. The Kier molecular flexibility index (Phi) is 4.95.